The molecule has 4 aliphatic rings. The summed E-state index contributed by atoms with van der Waals surface area (Å²) >= 11 is 0. The second-order valence-electron chi connectivity index (χ2n) is 8.88. The predicted octanol–water partition coefficient (Wildman–Crippen LogP) is 2.86. The molecule has 3 heterocycles. The van der Waals surface area contributed by atoms with Gasteiger partial charge in [-0.15, -0.1) is 0 Å². The van der Waals surface area contributed by atoms with Crippen molar-refractivity contribution in [2.24, 2.45) is 5.92 Å². The lowest BCUT2D eigenvalue weighted by Gasteiger charge is -2.43. The molecule has 6 heteroatoms. The number of carbonyl (C=O) groups excluding carboxylic acids is 2. The van der Waals surface area contributed by atoms with Crippen molar-refractivity contribution >= 4 is 11.9 Å². The zero-order valence-corrected chi connectivity index (χ0v) is 16.8. The lowest BCUT2D eigenvalue weighted by atomic mass is 9.84. The lowest BCUT2D eigenvalue weighted by Crippen LogP contribution is -2.57. The molecule has 0 N–H and O–H groups in total. The van der Waals surface area contributed by atoms with E-state index in [4.69, 9.17) is 4.74 Å². The maximum Gasteiger partial charge on any atom is 0.327 e. The van der Waals surface area contributed by atoms with E-state index >= 15 is 0 Å². The molecule has 0 unspecified atom stereocenters. The van der Waals surface area contributed by atoms with Crippen molar-refractivity contribution < 1.29 is 14.3 Å². The van der Waals surface area contributed by atoms with Crippen molar-refractivity contribution in [1.29, 1.82) is 0 Å². The molecule has 0 aromatic heterocycles. The molecule has 152 valence electrons. The minimum Gasteiger partial charge on any atom is -0.381 e. The number of urea groups is 1. The highest BCUT2D eigenvalue weighted by Gasteiger charge is 2.58. The van der Waals surface area contributed by atoms with Gasteiger partial charge in [0.15, 0.2) is 0 Å². The van der Waals surface area contributed by atoms with Crippen LogP contribution in [0.15, 0.2) is 0 Å². The number of amides is 3. The average Bonchev–Trinajstić information content (AvgIpc) is 2.91. The number of carbonyl (C=O) groups is 2. The van der Waals surface area contributed by atoms with Crippen LogP contribution in [0.25, 0.3) is 0 Å². The summed E-state index contributed by atoms with van der Waals surface area (Å²) in [4.78, 5) is 32.7. The predicted molar refractivity (Wildman–Crippen MR) is 103 cm³/mol. The first-order chi connectivity index (χ1) is 13.2. The molecular weight excluding hydrogens is 342 g/mol. The number of likely N-dealkylation sites (N-methyl/N-ethyl adjacent to an activating group) is 1. The van der Waals surface area contributed by atoms with Crippen molar-refractivity contribution in [3.05, 3.63) is 0 Å². The molecule has 1 saturated carbocycles. The van der Waals surface area contributed by atoms with E-state index in [2.05, 4.69) is 4.90 Å². The highest BCUT2D eigenvalue weighted by Crippen LogP contribution is 2.40. The number of imide groups is 1. The largest absolute Gasteiger partial charge is 0.381 e. The Morgan fingerprint density at radius 3 is 2.30 bits per heavy atom. The molecule has 0 atom stereocenters. The molecule has 3 aliphatic heterocycles. The van der Waals surface area contributed by atoms with E-state index in [0.29, 0.717) is 6.54 Å². The first kappa shape index (κ1) is 19.2. The molecule has 0 radical (unpaired) electrons. The maximum absolute atomic E-state index is 13.5. The number of nitrogens with zero attached hydrogens (tertiary/aromatic N) is 3. The first-order valence-corrected chi connectivity index (χ1v) is 11.1. The van der Waals surface area contributed by atoms with Gasteiger partial charge in [0.1, 0.15) is 5.54 Å². The second-order valence-corrected chi connectivity index (χ2v) is 8.88. The van der Waals surface area contributed by atoms with Crippen molar-refractivity contribution in [2.75, 3.05) is 39.4 Å². The number of piperidine rings is 1. The van der Waals surface area contributed by atoms with Gasteiger partial charge in [0.05, 0.1) is 0 Å². The fourth-order valence-corrected chi connectivity index (χ4v) is 5.72. The molecular formula is C21H35N3O3. The van der Waals surface area contributed by atoms with Crippen LogP contribution in [-0.2, 0) is 9.53 Å². The summed E-state index contributed by atoms with van der Waals surface area (Å²) in [5, 5.41) is 0. The van der Waals surface area contributed by atoms with Gasteiger partial charge >= 0.3 is 6.03 Å². The van der Waals surface area contributed by atoms with Crippen molar-refractivity contribution in [3.63, 3.8) is 0 Å². The Morgan fingerprint density at radius 2 is 1.67 bits per heavy atom. The molecule has 0 aromatic rings. The standard InChI is InChI=1S/C21H35N3O3/c1-2-23-20(26)24(18-6-4-3-5-7-18)19(25)21(23)10-12-22(13-11-21)16-17-8-14-27-15-9-17/h17-18H,2-16H2,1H3. The monoisotopic (exact) mass is 377 g/mol. The van der Waals surface area contributed by atoms with Crippen molar-refractivity contribution in [2.45, 2.75) is 76.3 Å². The molecule has 1 aliphatic carbocycles. The summed E-state index contributed by atoms with van der Waals surface area (Å²) in [5.74, 6) is 0.821. The number of hydrogen-bond donors (Lipinski definition) is 0. The first-order valence-electron chi connectivity index (χ1n) is 11.1. The van der Waals surface area contributed by atoms with Crippen molar-refractivity contribution in [1.82, 2.24) is 14.7 Å². The van der Waals surface area contributed by atoms with Gasteiger partial charge in [-0.1, -0.05) is 19.3 Å². The highest BCUT2D eigenvalue weighted by molar-refractivity contribution is 6.07. The van der Waals surface area contributed by atoms with Crippen molar-refractivity contribution in [3.8, 4) is 0 Å². The number of likely N-dealkylation sites (tertiary alicyclic amines) is 1. The van der Waals surface area contributed by atoms with E-state index in [1.165, 1.54) is 6.42 Å². The summed E-state index contributed by atoms with van der Waals surface area (Å²) in [6.45, 7) is 7.38. The summed E-state index contributed by atoms with van der Waals surface area (Å²) in [6.07, 6.45) is 9.36. The van der Waals surface area contributed by atoms with E-state index in [9.17, 15) is 9.59 Å². The number of hydrogen-bond acceptors (Lipinski definition) is 4. The smallest absolute Gasteiger partial charge is 0.327 e. The number of ether oxygens (including phenoxy) is 1. The minimum atomic E-state index is -0.574. The normalized spacial score (nSPS) is 28.5. The van der Waals surface area contributed by atoms with Crippen LogP contribution in [0.2, 0.25) is 0 Å². The molecule has 0 bridgehead atoms. The van der Waals surface area contributed by atoms with Gasteiger partial charge in [-0.2, -0.15) is 0 Å². The van der Waals surface area contributed by atoms with Crippen LogP contribution >= 0.6 is 0 Å². The fourth-order valence-electron chi connectivity index (χ4n) is 5.72. The van der Waals surface area contributed by atoms with Gasteiger partial charge in [0.25, 0.3) is 5.91 Å². The van der Waals surface area contributed by atoms with E-state index in [-0.39, 0.29) is 18.0 Å². The SMILES string of the molecule is CCN1C(=O)N(C2CCCCC2)C(=O)C12CCN(CC1CCOCC1)CC2. The summed E-state index contributed by atoms with van der Waals surface area (Å²) in [5.41, 5.74) is -0.574. The maximum atomic E-state index is 13.5. The summed E-state index contributed by atoms with van der Waals surface area (Å²) in [7, 11) is 0. The Morgan fingerprint density at radius 1 is 1.00 bits per heavy atom. The van der Waals surface area contributed by atoms with Crippen LogP contribution in [0.5, 0.6) is 0 Å². The van der Waals surface area contributed by atoms with E-state index in [0.717, 1.165) is 90.1 Å². The van der Waals surface area contributed by atoms with Gasteiger partial charge in [0.2, 0.25) is 0 Å². The van der Waals surface area contributed by atoms with Crippen LogP contribution < -0.4 is 0 Å². The van der Waals surface area contributed by atoms with Gasteiger partial charge in [-0.3, -0.25) is 9.69 Å². The molecule has 3 amide bonds. The molecule has 6 nitrogen and oxygen atoms in total. The Bertz CT molecular complexity index is 547. The Kier molecular flexibility index (Phi) is 5.74. The van der Waals surface area contributed by atoms with Crippen LogP contribution in [0.3, 0.4) is 0 Å². The van der Waals surface area contributed by atoms with Gasteiger partial charge in [-0.05, 0) is 51.4 Å². The highest BCUT2D eigenvalue weighted by atomic mass is 16.5. The van der Waals surface area contributed by atoms with E-state index in [1.54, 1.807) is 4.90 Å². The topological polar surface area (TPSA) is 53.1 Å². The summed E-state index contributed by atoms with van der Waals surface area (Å²) in [6, 6.07) is 0.111. The average molecular weight is 378 g/mol. The van der Waals surface area contributed by atoms with E-state index in [1.807, 2.05) is 11.8 Å². The molecule has 1 spiro atoms. The number of rotatable bonds is 4. The van der Waals surface area contributed by atoms with Gasteiger partial charge < -0.3 is 14.5 Å². The zero-order valence-electron chi connectivity index (χ0n) is 16.8. The quantitative estimate of drug-likeness (QED) is 0.707. The second kappa shape index (κ2) is 8.08. The summed E-state index contributed by atoms with van der Waals surface area (Å²) < 4.78 is 5.48. The third-order valence-electron chi connectivity index (χ3n) is 7.37. The zero-order chi connectivity index (χ0) is 18.9. The Hall–Kier alpha value is -1.14. The van der Waals surface area contributed by atoms with Gasteiger partial charge in [0, 0.05) is 45.4 Å². The lowest BCUT2D eigenvalue weighted by molar-refractivity contribution is -0.137. The minimum absolute atomic E-state index is 0.0210. The molecule has 27 heavy (non-hydrogen) atoms. The van der Waals surface area contributed by atoms with Crippen LogP contribution in [0.4, 0.5) is 4.79 Å². The third-order valence-corrected chi connectivity index (χ3v) is 7.37. The van der Waals surface area contributed by atoms with E-state index < -0.39 is 5.54 Å². The molecule has 0 aromatic carbocycles. The van der Waals surface area contributed by atoms with Crippen LogP contribution in [-0.4, -0.2) is 77.6 Å². The molecule has 4 fully saturated rings. The molecule has 4 rings (SSSR count). The fraction of sp³-hybridized carbons (Fsp3) is 0.905. The molecule has 3 saturated heterocycles. The van der Waals surface area contributed by atoms with Crippen LogP contribution in [0, 0.1) is 5.92 Å². The van der Waals surface area contributed by atoms with Gasteiger partial charge in [-0.25, -0.2) is 4.79 Å². The third kappa shape index (κ3) is 3.51. The Labute approximate surface area is 163 Å². The van der Waals surface area contributed by atoms with Crippen LogP contribution in [0.1, 0.15) is 64.7 Å². The Balaban J connectivity index is 1.43.